The van der Waals surface area contributed by atoms with Gasteiger partial charge in [-0.25, -0.2) is 0 Å². The molecule has 3 N–H and O–H groups in total. The lowest BCUT2D eigenvalue weighted by Crippen LogP contribution is -2.35. The Labute approximate surface area is 124 Å². The average Bonchev–Trinajstić information content (AvgIpc) is 2.88. The number of aliphatic hydroxyl groups is 2. The Hall–Kier alpha value is -1.85. The van der Waals surface area contributed by atoms with E-state index in [2.05, 4.69) is 4.98 Å². The van der Waals surface area contributed by atoms with Crippen LogP contribution in [0.5, 0.6) is 0 Å². The summed E-state index contributed by atoms with van der Waals surface area (Å²) in [5.74, 6) is -0.0262. The lowest BCUT2D eigenvalue weighted by molar-refractivity contribution is -0.131. The number of hydrogen-bond donors (Lipinski definition) is 3. The quantitative estimate of drug-likeness (QED) is 0.717. The molecule has 0 aliphatic rings. The molecule has 0 saturated carbocycles. The fraction of sp³-hybridized carbons (Fsp3) is 0.438. The molecule has 1 aromatic carbocycles. The number of aromatic amines is 1. The summed E-state index contributed by atoms with van der Waals surface area (Å²) in [5, 5.41) is 19.1. The van der Waals surface area contributed by atoms with Crippen LogP contribution in [0.1, 0.15) is 17.5 Å². The SMILES string of the molecule is Cc1cccc2[nH]cc(CC(=O)N(CCO)CCCO)c12. The Morgan fingerprint density at radius 2 is 2.05 bits per heavy atom. The molecule has 21 heavy (non-hydrogen) atoms. The van der Waals surface area contributed by atoms with Gasteiger partial charge in [-0.2, -0.15) is 0 Å². The van der Waals surface area contributed by atoms with Gasteiger partial charge in [-0.3, -0.25) is 4.79 Å². The van der Waals surface area contributed by atoms with E-state index in [1.165, 1.54) is 0 Å². The first-order valence-corrected chi connectivity index (χ1v) is 7.22. The third-order valence-corrected chi connectivity index (χ3v) is 3.65. The Balaban J connectivity index is 2.16. The molecule has 0 bridgehead atoms. The van der Waals surface area contributed by atoms with Crippen LogP contribution in [0.4, 0.5) is 0 Å². The van der Waals surface area contributed by atoms with Gasteiger partial charge in [0.2, 0.25) is 5.91 Å². The van der Waals surface area contributed by atoms with Crippen LogP contribution in [0.3, 0.4) is 0 Å². The Kier molecular flexibility index (Phi) is 5.36. The number of carbonyl (C=O) groups excluding carboxylic acids is 1. The molecular formula is C16H22N2O3. The highest BCUT2D eigenvalue weighted by Crippen LogP contribution is 2.22. The van der Waals surface area contributed by atoms with Crippen molar-refractivity contribution in [2.45, 2.75) is 19.8 Å². The number of rotatable bonds is 7. The summed E-state index contributed by atoms with van der Waals surface area (Å²) in [6, 6.07) is 6.01. The van der Waals surface area contributed by atoms with Gasteiger partial charge in [0, 0.05) is 36.8 Å². The molecule has 2 rings (SSSR count). The van der Waals surface area contributed by atoms with Gasteiger partial charge in [0.15, 0.2) is 0 Å². The first-order chi connectivity index (χ1) is 10.2. The zero-order valence-electron chi connectivity index (χ0n) is 12.3. The number of fused-ring (bicyclic) bond motifs is 1. The summed E-state index contributed by atoms with van der Waals surface area (Å²) in [7, 11) is 0. The minimum Gasteiger partial charge on any atom is -0.396 e. The summed E-state index contributed by atoms with van der Waals surface area (Å²) in [5.41, 5.74) is 3.14. The molecule has 1 heterocycles. The molecule has 5 nitrogen and oxygen atoms in total. The highest BCUT2D eigenvalue weighted by Gasteiger charge is 2.16. The third-order valence-electron chi connectivity index (χ3n) is 3.65. The maximum Gasteiger partial charge on any atom is 0.227 e. The molecular weight excluding hydrogens is 268 g/mol. The molecule has 0 atom stereocenters. The largest absolute Gasteiger partial charge is 0.396 e. The van der Waals surface area contributed by atoms with Crippen molar-refractivity contribution >= 4 is 16.8 Å². The van der Waals surface area contributed by atoms with Crippen molar-refractivity contribution in [2.24, 2.45) is 0 Å². The highest BCUT2D eigenvalue weighted by molar-refractivity contribution is 5.91. The van der Waals surface area contributed by atoms with Crippen LogP contribution in [-0.2, 0) is 11.2 Å². The minimum absolute atomic E-state index is 0.0262. The number of amides is 1. The van der Waals surface area contributed by atoms with Crippen LogP contribution < -0.4 is 0 Å². The lowest BCUT2D eigenvalue weighted by Gasteiger charge is -2.21. The Morgan fingerprint density at radius 3 is 2.76 bits per heavy atom. The fourth-order valence-electron chi connectivity index (χ4n) is 2.61. The molecule has 0 aliphatic carbocycles. The average molecular weight is 290 g/mol. The summed E-state index contributed by atoms with van der Waals surface area (Å²) in [6.07, 6.45) is 2.70. The van der Waals surface area contributed by atoms with Crippen molar-refractivity contribution < 1.29 is 15.0 Å². The van der Waals surface area contributed by atoms with Gasteiger partial charge in [-0.1, -0.05) is 12.1 Å². The first-order valence-electron chi connectivity index (χ1n) is 7.22. The van der Waals surface area contributed by atoms with E-state index in [1.807, 2.05) is 31.3 Å². The highest BCUT2D eigenvalue weighted by atomic mass is 16.3. The Morgan fingerprint density at radius 1 is 1.24 bits per heavy atom. The second kappa shape index (κ2) is 7.24. The van der Waals surface area contributed by atoms with Gasteiger partial charge in [-0.15, -0.1) is 0 Å². The standard InChI is InChI=1S/C16H22N2O3/c1-12-4-2-5-14-16(12)13(11-17-14)10-15(21)18(7-9-20)6-3-8-19/h2,4-5,11,17,19-20H,3,6-10H2,1H3. The van der Waals surface area contributed by atoms with Gasteiger partial charge in [-0.05, 0) is 30.5 Å². The van der Waals surface area contributed by atoms with Crippen LogP contribution in [0.2, 0.25) is 0 Å². The van der Waals surface area contributed by atoms with Crippen molar-refractivity contribution in [3.63, 3.8) is 0 Å². The summed E-state index contributed by atoms with van der Waals surface area (Å²) < 4.78 is 0. The van der Waals surface area contributed by atoms with Gasteiger partial charge in [0.25, 0.3) is 0 Å². The molecule has 0 spiro atoms. The van der Waals surface area contributed by atoms with Crippen LogP contribution in [0, 0.1) is 6.92 Å². The second-order valence-corrected chi connectivity index (χ2v) is 5.17. The van der Waals surface area contributed by atoms with Crippen molar-refractivity contribution in [1.82, 2.24) is 9.88 Å². The minimum atomic E-state index is -0.0654. The molecule has 0 fully saturated rings. The predicted octanol–water partition coefficient (Wildman–Crippen LogP) is 1.22. The number of nitrogens with one attached hydrogen (secondary N) is 1. The lowest BCUT2D eigenvalue weighted by atomic mass is 10.0. The van der Waals surface area contributed by atoms with E-state index in [-0.39, 0.29) is 19.1 Å². The van der Waals surface area contributed by atoms with E-state index in [4.69, 9.17) is 10.2 Å². The number of nitrogens with zero attached hydrogens (tertiary/aromatic N) is 1. The summed E-state index contributed by atoms with van der Waals surface area (Å²) >= 11 is 0. The molecule has 0 radical (unpaired) electrons. The molecule has 0 unspecified atom stereocenters. The maximum absolute atomic E-state index is 12.4. The summed E-state index contributed by atoms with van der Waals surface area (Å²) in [4.78, 5) is 17.2. The number of aromatic nitrogens is 1. The van der Waals surface area contributed by atoms with E-state index in [0.29, 0.717) is 25.9 Å². The van der Waals surface area contributed by atoms with Crippen molar-refractivity contribution in [3.05, 3.63) is 35.5 Å². The summed E-state index contributed by atoms with van der Waals surface area (Å²) in [6.45, 7) is 2.78. The first kappa shape index (κ1) is 15.5. The number of aryl methyl sites for hydroxylation is 1. The number of hydrogen-bond acceptors (Lipinski definition) is 3. The predicted molar refractivity (Wildman–Crippen MR) is 82.1 cm³/mol. The smallest absolute Gasteiger partial charge is 0.227 e. The maximum atomic E-state index is 12.4. The molecule has 0 saturated heterocycles. The number of H-pyrrole nitrogens is 1. The number of benzene rings is 1. The Bertz CT molecular complexity index is 607. The van der Waals surface area contributed by atoms with Crippen molar-refractivity contribution in [2.75, 3.05) is 26.3 Å². The van der Waals surface area contributed by atoms with E-state index in [0.717, 1.165) is 22.0 Å². The zero-order chi connectivity index (χ0) is 15.2. The third kappa shape index (κ3) is 3.62. The van der Waals surface area contributed by atoms with Gasteiger partial charge >= 0.3 is 0 Å². The van der Waals surface area contributed by atoms with Gasteiger partial charge in [0.05, 0.1) is 13.0 Å². The second-order valence-electron chi connectivity index (χ2n) is 5.17. The number of aliphatic hydroxyl groups excluding tert-OH is 2. The van der Waals surface area contributed by atoms with Gasteiger partial charge < -0.3 is 20.1 Å². The molecule has 1 amide bonds. The fourth-order valence-corrected chi connectivity index (χ4v) is 2.61. The van der Waals surface area contributed by atoms with Crippen LogP contribution in [-0.4, -0.2) is 52.3 Å². The molecule has 2 aromatic rings. The van der Waals surface area contributed by atoms with E-state index >= 15 is 0 Å². The van der Waals surface area contributed by atoms with E-state index in [1.54, 1.807) is 4.90 Å². The molecule has 5 heteroatoms. The van der Waals surface area contributed by atoms with Crippen molar-refractivity contribution in [1.29, 1.82) is 0 Å². The van der Waals surface area contributed by atoms with Crippen LogP contribution >= 0.6 is 0 Å². The molecule has 0 aliphatic heterocycles. The van der Waals surface area contributed by atoms with E-state index < -0.39 is 0 Å². The van der Waals surface area contributed by atoms with E-state index in [9.17, 15) is 4.79 Å². The van der Waals surface area contributed by atoms with Gasteiger partial charge in [0.1, 0.15) is 0 Å². The number of carbonyl (C=O) groups is 1. The van der Waals surface area contributed by atoms with Crippen LogP contribution in [0.25, 0.3) is 10.9 Å². The molecule has 1 aromatic heterocycles. The zero-order valence-corrected chi connectivity index (χ0v) is 12.3. The van der Waals surface area contributed by atoms with Crippen molar-refractivity contribution in [3.8, 4) is 0 Å². The van der Waals surface area contributed by atoms with Crippen LogP contribution in [0.15, 0.2) is 24.4 Å². The molecule has 114 valence electrons. The monoisotopic (exact) mass is 290 g/mol. The topological polar surface area (TPSA) is 76.6 Å². The normalized spacial score (nSPS) is 11.0.